The first-order valence-corrected chi connectivity index (χ1v) is 6.84. The van der Waals surface area contributed by atoms with Gasteiger partial charge in [-0.1, -0.05) is 18.2 Å². The molecule has 2 aromatic heterocycles. The van der Waals surface area contributed by atoms with Crippen LogP contribution in [0.15, 0.2) is 53.4 Å². The van der Waals surface area contributed by atoms with Gasteiger partial charge in [-0.05, 0) is 39.0 Å². The highest BCUT2D eigenvalue weighted by molar-refractivity contribution is 9.10. The molecule has 0 radical (unpaired) electrons. The molecule has 0 amide bonds. The predicted molar refractivity (Wildman–Crippen MR) is 78.9 cm³/mol. The number of hydrogen-bond donors (Lipinski definition) is 1. The van der Waals surface area contributed by atoms with E-state index < -0.39 is 0 Å². The number of nitrogens with zero attached hydrogens (tertiary/aromatic N) is 2. The molecule has 2 heterocycles. The van der Waals surface area contributed by atoms with Crippen LogP contribution in [0.1, 0.15) is 11.1 Å². The third-order valence-electron chi connectivity index (χ3n) is 3.16. The molecule has 19 heavy (non-hydrogen) atoms. The molecular weight excluding hydrogens is 304 g/mol. The van der Waals surface area contributed by atoms with Crippen molar-refractivity contribution in [1.82, 2.24) is 9.55 Å². The molecule has 0 atom stereocenters. The lowest BCUT2D eigenvalue weighted by atomic mass is 10.1. The Morgan fingerprint density at radius 1 is 1.21 bits per heavy atom. The molecule has 0 spiro atoms. The van der Waals surface area contributed by atoms with Gasteiger partial charge >= 0.3 is 0 Å². The molecule has 0 aliphatic heterocycles. The van der Waals surface area contributed by atoms with E-state index in [1.54, 1.807) is 6.20 Å². The lowest BCUT2D eigenvalue weighted by Crippen LogP contribution is -2.00. The minimum absolute atomic E-state index is 0.0537. The van der Waals surface area contributed by atoms with Crippen molar-refractivity contribution in [1.29, 1.82) is 0 Å². The Balaban J connectivity index is 2.06. The van der Waals surface area contributed by atoms with Crippen molar-refractivity contribution < 1.29 is 5.11 Å². The van der Waals surface area contributed by atoms with Gasteiger partial charge in [0.05, 0.1) is 12.1 Å². The molecule has 0 saturated carbocycles. The van der Waals surface area contributed by atoms with Crippen LogP contribution in [0, 0.1) is 0 Å². The maximum atomic E-state index is 9.46. The van der Waals surface area contributed by atoms with Crippen molar-refractivity contribution in [2.45, 2.75) is 13.2 Å². The first kappa shape index (κ1) is 12.4. The highest BCUT2D eigenvalue weighted by Crippen LogP contribution is 2.22. The quantitative estimate of drug-likeness (QED) is 0.804. The zero-order chi connectivity index (χ0) is 13.2. The van der Waals surface area contributed by atoms with Crippen LogP contribution >= 0.6 is 15.9 Å². The Labute approximate surface area is 119 Å². The average molecular weight is 317 g/mol. The van der Waals surface area contributed by atoms with E-state index >= 15 is 0 Å². The van der Waals surface area contributed by atoms with Crippen molar-refractivity contribution in [2.24, 2.45) is 0 Å². The monoisotopic (exact) mass is 316 g/mol. The van der Waals surface area contributed by atoms with Gasteiger partial charge in [0.15, 0.2) is 0 Å². The number of aromatic nitrogens is 2. The number of para-hydroxylation sites is 1. The summed E-state index contributed by atoms with van der Waals surface area (Å²) < 4.78 is 3.12. The molecule has 3 rings (SSSR count). The van der Waals surface area contributed by atoms with Crippen LogP contribution < -0.4 is 0 Å². The second kappa shape index (κ2) is 5.15. The molecule has 0 saturated heterocycles. The van der Waals surface area contributed by atoms with E-state index in [1.165, 1.54) is 0 Å². The Morgan fingerprint density at radius 3 is 2.89 bits per heavy atom. The van der Waals surface area contributed by atoms with Crippen LogP contribution in [0.5, 0.6) is 0 Å². The number of rotatable bonds is 3. The van der Waals surface area contributed by atoms with Crippen molar-refractivity contribution >= 4 is 26.8 Å². The van der Waals surface area contributed by atoms with Gasteiger partial charge in [0.1, 0.15) is 0 Å². The summed E-state index contributed by atoms with van der Waals surface area (Å²) in [5.74, 6) is 0. The van der Waals surface area contributed by atoms with Crippen LogP contribution in [0.25, 0.3) is 10.9 Å². The van der Waals surface area contributed by atoms with Crippen LogP contribution in [-0.4, -0.2) is 14.7 Å². The predicted octanol–water partition coefficient (Wildman–Crippen LogP) is 3.34. The zero-order valence-electron chi connectivity index (χ0n) is 10.3. The lowest BCUT2D eigenvalue weighted by Gasteiger charge is -2.08. The molecule has 0 aliphatic carbocycles. The minimum atomic E-state index is 0.0537. The van der Waals surface area contributed by atoms with Gasteiger partial charge in [0, 0.05) is 35.2 Å². The fourth-order valence-corrected chi connectivity index (χ4v) is 2.75. The normalized spacial score (nSPS) is 11.1. The summed E-state index contributed by atoms with van der Waals surface area (Å²) in [5, 5.41) is 10.6. The van der Waals surface area contributed by atoms with Crippen molar-refractivity contribution in [2.75, 3.05) is 0 Å². The first-order valence-electron chi connectivity index (χ1n) is 6.05. The second-order valence-electron chi connectivity index (χ2n) is 4.47. The van der Waals surface area contributed by atoms with E-state index in [2.05, 4.69) is 43.7 Å². The van der Waals surface area contributed by atoms with Gasteiger partial charge in [-0.25, -0.2) is 0 Å². The Hall–Kier alpha value is -1.65. The number of fused-ring (bicyclic) bond motifs is 1. The van der Waals surface area contributed by atoms with Crippen molar-refractivity contribution in [3.63, 3.8) is 0 Å². The van der Waals surface area contributed by atoms with Crippen molar-refractivity contribution in [3.05, 3.63) is 64.5 Å². The largest absolute Gasteiger partial charge is 0.392 e. The van der Waals surface area contributed by atoms with Crippen LogP contribution in [0.4, 0.5) is 0 Å². The third kappa shape index (κ3) is 2.41. The molecule has 0 fully saturated rings. The molecule has 3 aromatic rings. The van der Waals surface area contributed by atoms with E-state index in [9.17, 15) is 5.11 Å². The molecule has 0 bridgehead atoms. The van der Waals surface area contributed by atoms with Gasteiger partial charge in [-0.15, -0.1) is 0 Å². The summed E-state index contributed by atoms with van der Waals surface area (Å²) in [5.41, 5.74) is 3.16. The van der Waals surface area contributed by atoms with E-state index in [4.69, 9.17) is 0 Å². The fraction of sp³-hybridized carbons (Fsp3) is 0.133. The SMILES string of the molecule is OCc1cccc2ccn(Cc3cncc(Br)c3)c12. The number of pyridine rings is 1. The lowest BCUT2D eigenvalue weighted by molar-refractivity contribution is 0.283. The summed E-state index contributed by atoms with van der Waals surface area (Å²) in [4.78, 5) is 4.18. The summed E-state index contributed by atoms with van der Waals surface area (Å²) in [6.07, 6.45) is 5.68. The summed E-state index contributed by atoms with van der Waals surface area (Å²) in [7, 11) is 0. The van der Waals surface area contributed by atoms with E-state index in [0.29, 0.717) is 0 Å². The molecule has 4 heteroatoms. The van der Waals surface area contributed by atoms with Gasteiger partial charge in [0.25, 0.3) is 0 Å². The molecule has 96 valence electrons. The smallest absolute Gasteiger partial charge is 0.0702 e. The zero-order valence-corrected chi connectivity index (χ0v) is 11.8. The van der Waals surface area contributed by atoms with Gasteiger partial charge < -0.3 is 9.67 Å². The summed E-state index contributed by atoms with van der Waals surface area (Å²) in [6.45, 7) is 0.797. The molecule has 0 unspecified atom stereocenters. The molecule has 1 aromatic carbocycles. The maximum absolute atomic E-state index is 9.46. The van der Waals surface area contributed by atoms with E-state index in [0.717, 1.165) is 33.0 Å². The molecular formula is C15H13BrN2O. The highest BCUT2D eigenvalue weighted by atomic mass is 79.9. The minimum Gasteiger partial charge on any atom is -0.392 e. The highest BCUT2D eigenvalue weighted by Gasteiger charge is 2.06. The summed E-state index contributed by atoms with van der Waals surface area (Å²) in [6, 6.07) is 10.1. The number of halogens is 1. The Bertz CT molecular complexity index is 721. The topological polar surface area (TPSA) is 38.0 Å². The number of aliphatic hydroxyl groups is 1. The number of hydrogen-bond acceptors (Lipinski definition) is 2. The maximum Gasteiger partial charge on any atom is 0.0702 e. The second-order valence-corrected chi connectivity index (χ2v) is 5.38. The van der Waals surface area contributed by atoms with Gasteiger partial charge in [-0.3, -0.25) is 4.98 Å². The molecule has 3 nitrogen and oxygen atoms in total. The van der Waals surface area contributed by atoms with E-state index in [-0.39, 0.29) is 6.61 Å². The molecule has 0 aliphatic rings. The van der Waals surface area contributed by atoms with Crippen molar-refractivity contribution in [3.8, 4) is 0 Å². The summed E-state index contributed by atoms with van der Waals surface area (Å²) >= 11 is 3.43. The third-order valence-corrected chi connectivity index (χ3v) is 3.59. The average Bonchev–Trinajstić information content (AvgIpc) is 2.82. The Morgan fingerprint density at radius 2 is 2.11 bits per heavy atom. The van der Waals surface area contributed by atoms with Gasteiger partial charge in [-0.2, -0.15) is 0 Å². The number of benzene rings is 1. The Kier molecular flexibility index (Phi) is 3.36. The van der Waals surface area contributed by atoms with Crippen LogP contribution in [0.3, 0.4) is 0 Å². The first-order chi connectivity index (χ1) is 9.28. The van der Waals surface area contributed by atoms with Crippen LogP contribution in [0.2, 0.25) is 0 Å². The number of aliphatic hydroxyl groups excluding tert-OH is 1. The van der Waals surface area contributed by atoms with Gasteiger partial charge in [0.2, 0.25) is 0 Å². The van der Waals surface area contributed by atoms with Crippen LogP contribution in [-0.2, 0) is 13.2 Å². The molecule has 1 N–H and O–H groups in total. The van der Waals surface area contributed by atoms with E-state index in [1.807, 2.05) is 24.5 Å². The standard InChI is InChI=1S/C15H13BrN2O/c16-14-6-11(7-17-8-14)9-18-5-4-12-2-1-3-13(10-19)15(12)18/h1-8,19H,9-10H2. The fourth-order valence-electron chi connectivity index (χ4n) is 2.34.